The minimum absolute atomic E-state index is 0.518. The van der Waals surface area contributed by atoms with Crippen molar-refractivity contribution >= 4 is 29.4 Å². The molecule has 1 aromatic heterocycles. The summed E-state index contributed by atoms with van der Waals surface area (Å²) >= 11 is 6.14. The topological polar surface area (TPSA) is 66.0 Å². The lowest BCUT2D eigenvalue weighted by Crippen LogP contribution is -2.17. The fourth-order valence-corrected chi connectivity index (χ4v) is 1.90. The van der Waals surface area contributed by atoms with E-state index in [0.29, 0.717) is 24.4 Å². The number of rotatable bonds is 6. The molecule has 112 valence electrons. The van der Waals surface area contributed by atoms with Gasteiger partial charge in [0, 0.05) is 32.2 Å². The summed E-state index contributed by atoms with van der Waals surface area (Å²) < 4.78 is 0. The average molecular weight is 307 g/mol. The monoisotopic (exact) mass is 306 g/mol. The number of benzene rings is 1. The highest BCUT2D eigenvalue weighted by Crippen LogP contribution is 2.17. The van der Waals surface area contributed by atoms with Crippen LogP contribution in [0.25, 0.3) is 0 Å². The fourth-order valence-electron chi connectivity index (χ4n) is 1.70. The molecule has 0 aliphatic heterocycles. The molecule has 0 spiro atoms. The number of halogens is 1. The number of hydrogen-bond acceptors (Lipinski definition) is 6. The molecular weight excluding hydrogens is 288 g/mol. The first-order chi connectivity index (χ1) is 10.1. The molecule has 1 heterocycles. The summed E-state index contributed by atoms with van der Waals surface area (Å²) in [4.78, 5) is 14.9. The van der Waals surface area contributed by atoms with Crippen LogP contribution in [0.15, 0.2) is 24.3 Å². The summed E-state index contributed by atoms with van der Waals surface area (Å²) in [5.41, 5.74) is 0.996. The third-order valence-electron chi connectivity index (χ3n) is 2.75. The highest BCUT2D eigenvalue weighted by Gasteiger charge is 2.08. The molecule has 0 saturated heterocycles. The fraction of sp³-hybridized carbons (Fsp3) is 0.357. The summed E-state index contributed by atoms with van der Waals surface area (Å²) in [6.45, 7) is 3.30. The van der Waals surface area contributed by atoms with Gasteiger partial charge < -0.3 is 15.5 Å². The van der Waals surface area contributed by atoms with Crippen LogP contribution in [0.2, 0.25) is 5.02 Å². The zero-order valence-electron chi connectivity index (χ0n) is 12.4. The maximum absolute atomic E-state index is 6.14. The van der Waals surface area contributed by atoms with Crippen LogP contribution in [0, 0.1) is 0 Å². The molecule has 6 nitrogen and oxygen atoms in total. The van der Waals surface area contributed by atoms with Crippen LogP contribution in [-0.2, 0) is 6.54 Å². The first kappa shape index (κ1) is 15.3. The Labute approximate surface area is 129 Å². The Kier molecular flexibility index (Phi) is 5.16. The maximum Gasteiger partial charge on any atom is 0.231 e. The van der Waals surface area contributed by atoms with E-state index < -0.39 is 0 Å². The lowest BCUT2D eigenvalue weighted by molar-refractivity contribution is 0.936. The Morgan fingerprint density at radius 1 is 1.05 bits per heavy atom. The molecule has 0 atom stereocenters. The van der Waals surface area contributed by atoms with Gasteiger partial charge in [-0.05, 0) is 18.6 Å². The first-order valence-electron chi connectivity index (χ1n) is 6.74. The summed E-state index contributed by atoms with van der Waals surface area (Å²) in [6.07, 6.45) is 0. The molecule has 0 bridgehead atoms. The molecule has 1 aromatic carbocycles. The zero-order chi connectivity index (χ0) is 15.2. The van der Waals surface area contributed by atoms with Crippen molar-refractivity contribution < 1.29 is 0 Å². The second kappa shape index (κ2) is 7.08. The molecule has 2 rings (SSSR count). The van der Waals surface area contributed by atoms with Gasteiger partial charge >= 0.3 is 0 Å². The van der Waals surface area contributed by atoms with E-state index in [0.717, 1.165) is 17.1 Å². The smallest absolute Gasteiger partial charge is 0.231 e. The summed E-state index contributed by atoms with van der Waals surface area (Å²) in [6, 6.07) is 7.68. The summed E-state index contributed by atoms with van der Waals surface area (Å²) in [5.74, 6) is 1.67. The molecule has 2 aromatic rings. The van der Waals surface area contributed by atoms with Gasteiger partial charge in [-0.25, -0.2) is 0 Å². The van der Waals surface area contributed by atoms with Gasteiger partial charge in [-0.3, -0.25) is 0 Å². The van der Waals surface area contributed by atoms with E-state index in [1.165, 1.54) is 0 Å². The number of hydrogen-bond donors (Lipinski definition) is 2. The van der Waals surface area contributed by atoms with Crippen LogP contribution >= 0.6 is 11.6 Å². The quantitative estimate of drug-likeness (QED) is 0.855. The molecule has 0 amide bonds. The van der Waals surface area contributed by atoms with E-state index >= 15 is 0 Å². The van der Waals surface area contributed by atoms with Crippen molar-refractivity contribution in [1.29, 1.82) is 0 Å². The van der Waals surface area contributed by atoms with Crippen molar-refractivity contribution in [3.8, 4) is 0 Å². The molecule has 7 heteroatoms. The molecular formula is C14H19ClN6. The van der Waals surface area contributed by atoms with Crippen molar-refractivity contribution in [3.63, 3.8) is 0 Å². The summed E-state index contributed by atoms with van der Waals surface area (Å²) in [5, 5.41) is 7.00. The minimum atomic E-state index is 0.518. The lowest BCUT2D eigenvalue weighted by atomic mass is 10.2. The van der Waals surface area contributed by atoms with E-state index in [1.54, 1.807) is 0 Å². The SMILES string of the molecule is CCNc1nc(NCc2ccccc2Cl)nc(N(C)C)n1. The predicted octanol–water partition coefficient (Wildman–Crippen LogP) is 2.63. The standard InChI is InChI=1S/C14H19ClN6/c1-4-16-12-18-13(20-14(19-12)21(2)3)17-9-10-7-5-6-8-11(10)15/h5-8H,4,9H2,1-3H3,(H2,16,17,18,19,20). The van der Waals surface area contributed by atoms with Crippen molar-refractivity contribution in [3.05, 3.63) is 34.9 Å². The highest BCUT2D eigenvalue weighted by molar-refractivity contribution is 6.31. The summed E-state index contributed by atoms with van der Waals surface area (Å²) in [7, 11) is 3.78. The second-order valence-corrected chi connectivity index (χ2v) is 5.06. The Morgan fingerprint density at radius 3 is 2.33 bits per heavy atom. The molecule has 0 radical (unpaired) electrons. The molecule has 0 aliphatic carbocycles. The largest absolute Gasteiger partial charge is 0.354 e. The van der Waals surface area contributed by atoms with Gasteiger partial charge in [0.2, 0.25) is 17.8 Å². The van der Waals surface area contributed by atoms with E-state index in [4.69, 9.17) is 11.6 Å². The van der Waals surface area contributed by atoms with Gasteiger partial charge in [0.1, 0.15) is 0 Å². The van der Waals surface area contributed by atoms with Crippen LogP contribution < -0.4 is 15.5 Å². The Bertz CT molecular complexity index is 602. The number of anilines is 3. The van der Waals surface area contributed by atoms with E-state index in [-0.39, 0.29) is 0 Å². The van der Waals surface area contributed by atoms with Gasteiger partial charge in [0.25, 0.3) is 0 Å². The first-order valence-corrected chi connectivity index (χ1v) is 7.12. The molecule has 21 heavy (non-hydrogen) atoms. The average Bonchev–Trinajstić information content (AvgIpc) is 2.46. The van der Waals surface area contributed by atoms with Gasteiger partial charge in [-0.2, -0.15) is 15.0 Å². The van der Waals surface area contributed by atoms with Crippen LogP contribution in [0.4, 0.5) is 17.8 Å². The van der Waals surface area contributed by atoms with Crippen molar-refractivity contribution in [2.75, 3.05) is 36.2 Å². The van der Waals surface area contributed by atoms with Crippen LogP contribution in [0.3, 0.4) is 0 Å². The maximum atomic E-state index is 6.14. The third kappa shape index (κ3) is 4.19. The van der Waals surface area contributed by atoms with Gasteiger partial charge in [-0.1, -0.05) is 29.8 Å². The number of nitrogens with zero attached hydrogens (tertiary/aromatic N) is 4. The van der Waals surface area contributed by atoms with Gasteiger partial charge in [0.05, 0.1) is 0 Å². The van der Waals surface area contributed by atoms with Crippen molar-refractivity contribution in [2.24, 2.45) is 0 Å². The van der Waals surface area contributed by atoms with Crippen molar-refractivity contribution in [2.45, 2.75) is 13.5 Å². The Balaban J connectivity index is 2.17. The molecule has 0 unspecified atom stereocenters. The van der Waals surface area contributed by atoms with Gasteiger partial charge in [0.15, 0.2) is 0 Å². The van der Waals surface area contributed by atoms with E-state index in [9.17, 15) is 0 Å². The molecule has 0 saturated carbocycles. The van der Waals surface area contributed by atoms with E-state index in [2.05, 4.69) is 25.6 Å². The number of nitrogens with one attached hydrogen (secondary N) is 2. The van der Waals surface area contributed by atoms with Crippen LogP contribution in [0.5, 0.6) is 0 Å². The zero-order valence-corrected chi connectivity index (χ0v) is 13.1. The van der Waals surface area contributed by atoms with Crippen LogP contribution in [-0.4, -0.2) is 35.6 Å². The lowest BCUT2D eigenvalue weighted by Gasteiger charge is -2.14. The normalized spacial score (nSPS) is 10.3. The Morgan fingerprint density at radius 2 is 1.71 bits per heavy atom. The molecule has 2 N–H and O–H groups in total. The molecule has 0 aliphatic rings. The highest BCUT2D eigenvalue weighted by atomic mass is 35.5. The van der Waals surface area contributed by atoms with Crippen LogP contribution in [0.1, 0.15) is 12.5 Å². The van der Waals surface area contributed by atoms with Gasteiger partial charge in [-0.15, -0.1) is 0 Å². The van der Waals surface area contributed by atoms with Crippen molar-refractivity contribution in [1.82, 2.24) is 15.0 Å². The number of aromatic nitrogens is 3. The molecule has 0 fully saturated rings. The third-order valence-corrected chi connectivity index (χ3v) is 3.12. The van der Waals surface area contributed by atoms with E-state index in [1.807, 2.05) is 50.2 Å². The second-order valence-electron chi connectivity index (χ2n) is 4.65. The Hall–Kier alpha value is -2.08. The predicted molar refractivity (Wildman–Crippen MR) is 87.1 cm³/mol. The minimum Gasteiger partial charge on any atom is -0.354 e.